The third kappa shape index (κ3) is 5.35. The minimum Gasteiger partial charge on any atom is -0.496 e. The number of pyridine rings is 1. The first-order chi connectivity index (χ1) is 16.8. The highest BCUT2D eigenvalue weighted by Gasteiger charge is 2.25. The number of hydrogen-bond acceptors (Lipinski definition) is 6. The van der Waals surface area contributed by atoms with Crippen LogP contribution in [0.5, 0.6) is 5.75 Å². The number of benzene rings is 1. The van der Waals surface area contributed by atoms with Gasteiger partial charge in [0.05, 0.1) is 36.6 Å². The molecule has 0 radical (unpaired) electrons. The number of H-pyrrole nitrogens is 1. The number of hydrogen-bond donors (Lipinski definition) is 2. The molecule has 0 aliphatic heterocycles. The van der Waals surface area contributed by atoms with Crippen molar-refractivity contribution in [1.82, 2.24) is 20.1 Å². The van der Waals surface area contributed by atoms with E-state index in [0.29, 0.717) is 29.2 Å². The molecule has 3 aromatic rings. The summed E-state index contributed by atoms with van der Waals surface area (Å²) in [6, 6.07) is 3.88. The lowest BCUT2D eigenvalue weighted by Gasteiger charge is -2.34. The summed E-state index contributed by atoms with van der Waals surface area (Å²) in [5, 5.41) is 8.40. The number of nitrogens with one attached hydrogen (secondary N) is 2. The van der Waals surface area contributed by atoms with Crippen molar-refractivity contribution in [3.8, 4) is 5.75 Å². The highest BCUT2D eigenvalue weighted by Crippen LogP contribution is 2.35. The maximum atomic E-state index is 13.4. The maximum absolute atomic E-state index is 13.4. The van der Waals surface area contributed by atoms with Gasteiger partial charge in [0.2, 0.25) is 0 Å². The zero-order valence-electron chi connectivity index (χ0n) is 21.8. The lowest BCUT2D eigenvalue weighted by Crippen LogP contribution is -2.37. The topological polar surface area (TPSA) is 101 Å². The Labute approximate surface area is 206 Å². The molecule has 0 fully saturated rings. The second kappa shape index (κ2) is 11.4. The Kier molecular flexibility index (Phi) is 8.56. The molecule has 0 aliphatic carbocycles. The van der Waals surface area contributed by atoms with E-state index in [4.69, 9.17) is 9.47 Å². The third-order valence-corrected chi connectivity index (χ3v) is 6.60. The van der Waals surface area contributed by atoms with Crippen molar-refractivity contribution < 1.29 is 14.3 Å². The molecule has 0 saturated carbocycles. The van der Waals surface area contributed by atoms with Crippen LogP contribution in [-0.2, 0) is 18.3 Å². The van der Waals surface area contributed by atoms with Gasteiger partial charge >= 0.3 is 0 Å². The van der Waals surface area contributed by atoms with E-state index in [2.05, 4.69) is 34.1 Å². The molecule has 0 saturated heterocycles. The molecule has 2 aromatic heterocycles. The fraction of sp³-hybridized carbons (Fsp3) is 0.500. The van der Waals surface area contributed by atoms with E-state index < -0.39 is 0 Å². The first kappa shape index (κ1) is 26.3. The lowest BCUT2D eigenvalue weighted by atomic mass is 9.98. The molecule has 9 nitrogen and oxygen atoms in total. The van der Waals surface area contributed by atoms with Crippen LogP contribution in [0.3, 0.4) is 0 Å². The fourth-order valence-electron chi connectivity index (χ4n) is 4.71. The lowest BCUT2D eigenvalue weighted by molar-refractivity contribution is 0.0950. The van der Waals surface area contributed by atoms with Crippen molar-refractivity contribution in [1.29, 1.82) is 0 Å². The largest absolute Gasteiger partial charge is 0.496 e. The van der Waals surface area contributed by atoms with Crippen LogP contribution < -0.4 is 20.5 Å². The van der Waals surface area contributed by atoms with Gasteiger partial charge in [0.15, 0.2) is 0 Å². The summed E-state index contributed by atoms with van der Waals surface area (Å²) in [4.78, 5) is 31.0. The number of anilines is 1. The van der Waals surface area contributed by atoms with Crippen molar-refractivity contribution in [2.24, 2.45) is 7.05 Å². The standard InChI is InChI=1S/C26H37N5O4/c1-8-18(10-11-34-6)31(9-2)24-17(4)19(13-22-20(24)15-28-30(22)5)25(32)27-14-21-23(35-7)12-16(3)29-26(21)33/h12-13,15,18H,8-11,14H2,1-7H3,(H,27,32)(H,29,33). The molecule has 1 amide bonds. The number of aryl methyl sites for hydroxylation is 2. The summed E-state index contributed by atoms with van der Waals surface area (Å²) in [7, 11) is 5.10. The molecule has 2 heterocycles. The average molecular weight is 484 g/mol. The Morgan fingerprint density at radius 3 is 2.63 bits per heavy atom. The van der Waals surface area contributed by atoms with E-state index in [1.807, 2.05) is 26.2 Å². The highest BCUT2D eigenvalue weighted by molar-refractivity contribution is 6.05. The normalized spacial score (nSPS) is 12.1. The third-order valence-electron chi connectivity index (χ3n) is 6.60. The van der Waals surface area contributed by atoms with Crippen LogP contribution in [0.1, 0.15) is 53.9 Å². The van der Waals surface area contributed by atoms with Crippen LogP contribution in [0.25, 0.3) is 10.9 Å². The number of rotatable bonds is 11. The van der Waals surface area contributed by atoms with Gasteiger partial charge in [-0.15, -0.1) is 0 Å². The van der Waals surface area contributed by atoms with Gasteiger partial charge in [-0.3, -0.25) is 14.3 Å². The van der Waals surface area contributed by atoms with E-state index in [1.54, 1.807) is 24.8 Å². The van der Waals surface area contributed by atoms with Crippen LogP contribution in [0.15, 0.2) is 23.1 Å². The van der Waals surface area contributed by atoms with E-state index >= 15 is 0 Å². The van der Waals surface area contributed by atoms with E-state index in [0.717, 1.165) is 41.5 Å². The average Bonchev–Trinajstić information content (AvgIpc) is 3.20. The van der Waals surface area contributed by atoms with Crippen LogP contribution in [0.2, 0.25) is 0 Å². The van der Waals surface area contributed by atoms with E-state index in [1.165, 1.54) is 7.11 Å². The molecule has 1 aromatic carbocycles. The van der Waals surface area contributed by atoms with Gasteiger partial charge in [-0.2, -0.15) is 5.10 Å². The second-order valence-electron chi connectivity index (χ2n) is 8.74. The fourth-order valence-corrected chi connectivity index (χ4v) is 4.71. The number of nitrogens with zero attached hydrogens (tertiary/aromatic N) is 3. The number of fused-ring (bicyclic) bond motifs is 1. The first-order valence-corrected chi connectivity index (χ1v) is 12.0. The summed E-state index contributed by atoms with van der Waals surface area (Å²) >= 11 is 0. The Morgan fingerprint density at radius 1 is 1.26 bits per heavy atom. The smallest absolute Gasteiger partial charge is 0.256 e. The predicted octanol–water partition coefficient (Wildman–Crippen LogP) is 3.46. The summed E-state index contributed by atoms with van der Waals surface area (Å²) < 4.78 is 12.5. The van der Waals surface area contributed by atoms with Crippen molar-refractivity contribution in [3.63, 3.8) is 0 Å². The zero-order valence-corrected chi connectivity index (χ0v) is 21.8. The molecule has 9 heteroatoms. The summed E-state index contributed by atoms with van der Waals surface area (Å²) in [6.07, 6.45) is 3.70. The molecule has 190 valence electrons. The van der Waals surface area contributed by atoms with Crippen molar-refractivity contribution in [3.05, 3.63) is 51.1 Å². The molecule has 35 heavy (non-hydrogen) atoms. The SMILES string of the molecule is CCC(CCOC)N(CC)c1c(C)c(C(=O)NCc2c(OC)cc(C)[nH]c2=O)cc2c1cnn2C. The Balaban J connectivity index is 2.04. The summed E-state index contributed by atoms with van der Waals surface area (Å²) in [5.74, 6) is 0.196. The van der Waals surface area contributed by atoms with Gasteiger partial charge in [0.1, 0.15) is 5.75 Å². The van der Waals surface area contributed by atoms with Crippen molar-refractivity contribution in [2.45, 2.75) is 53.1 Å². The molecule has 0 aliphatic rings. The summed E-state index contributed by atoms with van der Waals surface area (Å²) in [5.41, 5.74) is 4.12. The number of aromatic amines is 1. The van der Waals surface area contributed by atoms with Gasteiger partial charge < -0.3 is 24.7 Å². The monoisotopic (exact) mass is 483 g/mol. The predicted molar refractivity (Wildman–Crippen MR) is 139 cm³/mol. The van der Waals surface area contributed by atoms with Crippen LogP contribution in [0, 0.1) is 13.8 Å². The minimum atomic E-state index is -0.275. The minimum absolute atomic E-state index is 0.0543. The quantitative estimate of drug-likeness (QED) is 0.433. The second-order valence-corrected chi connectivity index (χ2v) is 8.74. The molecule has 2 N–H and O–H groups in total. The molecule has 0 spiro atoms. The van der Waals surface area contributed by atoms with Gasteiger partial charge in [-0.1, -0.05) is 6.92 Å². The molecule has 0 bridgehead atoms. The van der Waals surface area contributed by atoms with Gasteiger partial charge in [-0.05, 0) is 51.3 Å². The van der Waals surface area contributed by atoms with Crippen LogP contribution >= 0.6 is 0 Å². The Morgan fingerprint density at radius 2 is 2.00 bits per heavy atom. The molecule has 1 unspecified atom stereocenters. The number of ether oxygens (including phenoxy) is 2. The first-order valence-electron chi connectivity index (χ1n) is 12.0. The molecular weight excluding hydrogens is 446 g/mol. The number of carbonyl (C=O) groups is 1. The van der Waals surface area contributed by atoms with Gasteiger partial charge in [-0.25, -0.2) is 0 Å². The Bertz CT molecular complexity index is 1250. The van der Waals surface area contributed by atoms with Crippen molar-refractivity contribution >= 4 is 22.5 Å². The van der Waals surface area contributed by atoms with Crippen LogP contribution in [0.4, 0.5) is 5.69 Å². The molecular formula is C26H37N5O4. The number of amides is 1. The highest BCUT2D eigenvalue weighted by atomic mass is 16.5. The number of aromatic nitrogens is 3. The van der Waals surface area contributed by atoms with Gasteiger partial charge in [0, 0.05) is 50.0 Å². The maximum Gasteiger partial charge on any atom is 0.256 e. The zero-order chi connectivity index (χ0) is 25.7. The number of carbonyl (C=O) groups excluding carboxylic acids is 1. The van der Waals surface area contributed by atoms with Crippen molar-refractivity contribution in [2.75, 3.05) is 32.3 Å². The summed E-state index contributed by atoms with van der Waals surface area (Å²) in [6.45, 7) is 9.56. The van der Waals surface area contributed by atoms with Crippen LogP contribution in [-0.4, -0.2) is 54.1 Å². The Hall–Kier alpha value is -3.33. The molecule has 3 rings (SSSR count). The van der Waals surface area contributed by atoms with E-state index in [9.17, 15) is 9.59 Å². The van der Waals surface area contributed by atoms with E-state index in [-0.39, 0.29) is 24.1 Å². The van der Waals surface area contributed by atoms with Gasteiger partial charge in [0.25, 0.3) is 11.5 Å². The number of methoxy groups -OCH3 is 2. The molecule has 1 atom stereocenters.